The third kappa shape index (κ3) is 3.52. The van der Waals surface area contributed by atoms with Crippen molar-refractivity contribution in [2.45, 2.75) is 0 Å². The van der Waals surface area contributed by atoms with E-state index in [2.05, 4.69) is 4.72 Å². The maximum absolute atomic E-state index is 11.6. The summed E-state index contributed by atoms with van der Waals surface area (Å²) in [7, 11) is -2.61. The summed E-state index contributed by atoms with van der Waals surface area (Å²) in [5, 5.41) is 8.48. The van der Waals surface area contributed by atoms with Gasteiger partial charge in [0.25, 0.3) is 0 Å². The molecule has 0 aromatic heterocycles. The normalized spacial score (nSPS) is 11.4. The van der Waals surface area contributed by atoms with Crippen molar-refractivity contribution in [2.24, 2.45) is 0 Å². The number of carbonyl (C=O) groups is 1. The lowest BCUT2D eigenvalue weighted by Crippen LogP contribution is -2.36. The van der Waals surface area contributed by atoms with E-state index in [1.54, 1.807) is 30.3 Å². The van der Waals surface area contributed by atoms with Crippen LogP contribution in [0.5, 0.6) is 0 Å². The molecule has 0 radical (unpaired) electrons. The highest BCUT2D eigenvalue weighted by atomic mass is 32.2. The zero-order valence-corrected chi connectivity index (χ0v) is 9.44. The van der Waals surface area contributed by atoms with Gasteiger partial charge in [0, 0.05) is 12.7 Å². The summed E-state index contributed by atoms with van der Waals surface area (Å²) in [5.74, 6) is -1.21. The maximum atomic E-state index is 11.6. The Morgan fingerprint density at radius 1 is 1.38 bits per heavy atom. The predicted octanol–water partition coefficient (Wildman–Crippen LogP) is 0.360. The largest absolute Gasteiger partial charge is 0.480 e. The minimum atomic E-state index is -3.81. The van der Waals surface area contributed by atoms with E-state index in [0.717, 1.165) is 4.31 Å². The number of nitrogens with one attached hydrogen (secondary N) is 1. The van der Waals surface area contributed by atoms with Gasteiger partial charge in [-0.3, -0.25) is 9.52 Å². The molecule has 6 nitrogen and oxygen atoms in total. The van der Waals surface area contributed by atoms with Crippen LogP contribution in [0.3, 0.4) is 0 Å². The van der Waals surface area contributed by atoms with Crippen molar-refractivity contribution in [2.75, 3.05) is 18.3 Å². The Kier molecular flexibility index (Phi) is 3.86. The minimum Gasteiger partial charge on any atom is -0.480 e. The summed E-state index contributed by atoms with van der Waals surface area (Å²) < 4.78 is 26.2. The van der Waals surface area contributed by atoms with Crippen LogP contribution >= 0.6 is 0 Å². The van der Waals surface area contributed by atoms with Crippen LogP contribution in [0, 0.1) is 0 Å². The molecule has 0 spiro atoms. The molecule has 88 valence electrons. The van der Waals surface area contributed by atoms with Gasteiger partial charge >= 0.3 is 16.2 Å². The summed E-state index contributed by atoms with van der Waals surface area (Å²) in [6, 6.07) is 8.25. The maximum Gasteiger partial charge on any atom is 0.318 e. The monoisotopic (exact) mass is 244 g/mol. The first kappa shape index (κ1) is 12.5. The molecule has 0 aliphatic heterocycles. The highest BCUT2D eigenvalue weighted by Gasteiger charge is 2.19. The van der Waals surface area contributed by atoms with Crippen molar-refractivity contribution in [3.63, 3.8) is 0 Å². The molecule has 1 rings (SSSR count). The van der Waals surface area contributed by atoms with E-state index in [1.165, 1.54) is 7.05 Å². The highest BCUT2D eigenvalue weighted by Crippen LogP contribution is 2.09. The zero-order valence-electron chi connectivity index (χ0n) is 8.62. The van der Waals surface area contributed by atoms with Crippen molar-refractivity contribution in [1.29, 1.82) is 0 Å². The lowest BCUT2D eigenvalue weighted by atomic mass is 10.3. The quantitative estimate of drug-likeness (QED) is 0.783. The first-order valence-electron chi connectivity index (χ1n) is 4.43. The van der Waals surface area contributed by atoms with Gasteiger partial charge in [0.2, 0.25) is 0 Å². The predicted molar refractivity (Wildman–Crippen MR) is 59.3 cm³/mol. The second kappa shape index (κ2) is 4.95. The van der Waals surface area contributed by atoms with Crippen LogP contribution in [0.1, 0.15) is 0 Å². The van der Waals surface area contributed by atoms with Crippen LogP contribution in [0.2, 0.25) is 0 Å². The number of hydrogen-bond donors (Lipinski definition) is 2. The van der Waals surface area contributed by atoms with Crippen molar-refractivity contribution < 1.29 is 18.3 Å². The van der Waals surface area contributed by atoms with E-state index < -0.39 is 22.7 Å². The Hall–Kier alpha value is -1.60. The summed E-state index contributed by atoms with van der Waals surface area (Å²) in [4.78, 5) is 10.4. The summed E-state index contributed by atoms with van der Waals surface area (Å²) >= 11 is 0. The number of carboxylic acids is 1. The molecular weight excluding hydrogens is 232 g/mol. The Balaban J connectivity index is 2.76. The number of para-hydroxylation sites is 1. The Morgan fingerprint density at radius 3 is 2.44 bits per heavy atom. The second-order valence-corrected chi connectivity index (χ2v) is 4.90. The Morgan fingerprint density at radius 2 is 1.94 bits per heavy atom. The lowest BCUT2D eigenvalue weighted by Gasteiger charge is -2.16. The number of benzene rings is 1. The molecule has 0 saturated carbocycles. The van der Waals surface area contributed by atoms with E-state index in [-0.39, 0.29) is 0 Å². The van der Waals surface area contributed by atoms with Crippen LogP contribution in [-0.2, 0) is 15.0 Å². The molecule has 2 N–H and O–H groups in total. The van der Waals surface area contributed by atoms with Crippen LogP contribution in [-0.4, -0.2) is 37.4 Å². The van der Waals surface area contributed by atoms with Gasteiger partial charge in [0.1, 0.15) is 6.54 Å². The van der Waals surface area contributed by atoms with Gasteiger partial charge in [0.05, 0.1) is 0 Å². The van der Waals surface area contributed by atoms with Crippen molar-refractivity contribution >= 4 is 21.9 Å². The Bertz CT molecular complexity index is 458. The third-order valence-corrected chi connectivity index (χ3v) is 3.23. The van der Waals surface area contributed by atoms with Crippen LogP contribution in [0.4, 0.5) is 5.69 Å². The van der Waals surface area contributed by atoms with Gasteiger partial charge in [-0.1, -0.05) is 18.2 Å². The lowest BCUT2D eigenvalue weighted by molar-refractivity contribution is -0.137. The topological polar surface area (TPSA) is 86.7 Å². The molecule has 0 atom stereocenters. The molecule has 0 fully saturated rings. The van der Waals surface area contributed by atoms with E-state index in [4.69, 9.17) is 5.11 Å². The SMILES string of the molecule is CN(CC(=O)O)S(=O)(=O)Nc1ccccc1. The van der Waals surface area contributed by atoms with E-state index in [1.807, 2.05) is 0 Å². The standard InChI is InChI=1S/C9H12N2O4S/c1-11(7-9(12)13)16(14,15)10-8-5-3-2-4-6-8/h2-6,10H,7H2,1H3,(H,12,13). The van der Waals surface area contributed by atoms with Gasteiger partial charge in [-0.15, -0.1) is 0 Å². The van der Waals surface area contributed by atoms with Crippen molar-refractivity contribution in [3.8, 4) is 0 Å². The first-order chi connectivity index (χ1) is 7.42. The van der Waals surface area contributed by atoms with Crippen molar-refractivity contribution in [3.05, 3.63) is 30.3 Å². The van der Waals surface area contributed by atoms with Crippen molar-refractivity contribution in [1.82, 2.24) is 4.31 Å². The van der Waals surface area contributed by atoms with E-state index in [9.17, 15) is 13.2 Å². The fourth-order valence-corrected chi connectivity index (χ4v) is 1.88. The molecule has 0 aliphatic carbocycles. The molecule has 0 heterocycles. The summed E-state index contributed by atoms with van der Waals surface area (Å²) in [6.45, 7) is -0.581. The van der Waals surface area contributed by atoms with Gasteiger partial charge in [-0.2, -0.15) is 12.7 Å². The third-order valence-electron chi connectivity index (χ3n) is 1.79. The van der Waals surface area contributed by atoms with Crippen LogP contribution in [0.25, 0.3) is 0 Å². The van der Waals surface area contributed by atoms with E-state index in [0.29, 0.717) is 5.69 Å². The van der Waals surface area contributed by atoms with Gasteiger partial charge in [0.15, 0.2) is 0 Å². The summed E-state index contributed by atoms with van der Waals surface area (Å²) in [5.41, 5.74) is 0.389. The molecule has 7 heteroatoms. The Labute approximate surface area is 93.7 Å². The minimum absolute atomic E-state index is 0.389. The molecule has 0 bridgehead atoms. The molecular formula is C9H12N2O4S. The molecule has 0 unspecified atom stereocenters. The molecule has 1 aromatic carbocycles. The van der Waals surface area contributed by atoms with Gasteiger partial charge in [-0.05, 0) is 12.1 Å². The highest BCUT2D eigenvalue weighted by molar-refractivity contribution is 7.90. The number of nitrogens with zero attached hydrogens (tertiary/aromatic N) is 1. The molecule has 1 aromatic rings. The van der Waals surface area contributed by atoms with Gasteiger partial charge < -0.3 is 5.11 Å². The molecule has 0 saturated heterocycles. The number of hydrogen-bond acceptors (Lipinski definition) is 3. The number of aliphatic carboxylic acids is 1. The number of carboxylic acid groups (broad SMARTS) is 1. The molecule has 0 aliphatic rings. The second-order valence-electron chi connectivity index (χ2n) is 3.12. The number of likely N-dealkylation sites (N-methyl/N-ethyl adjacent to an activating group) is 1. The fraction of sp³-hybridized carbons (Fsp3) is 0.222. The zero-order chi connectivity index (χ0) is 12.2. The smallest absolute Gasteiger partial charge is 0.318 e. The number of rotatable bonds is 5. The van der Waals surface area contributed by atoms with E-state index >= 15 is 0 Å². The van der Waals surface area contributed by atoms with Crippen LogP contribution in [0.15, 0.2) is 30.3 Å². The fourth-order valence-electron chi connectivity index (χ4n) is 1.01. The molecule has 16 heavy (non-hydrogen) atoms. The van der Waals surface area contributed by atoms with Gasteiger partial charge in [-0.25, -0.2) is 0 Å². The average Bonchev–Trinajstić information content (AvgIpc) is 2.17. The molecule has 0 amide bonds. The summed E-state index contributed by atoms with van der Waals surface area (Å²) in [6.07, 6.45) is 0. The average molecular weight is 244 g/mol. The number of anilines is 1. The van der Waals surface area contributed by atoms with Crippen LogP contribution < -0.4 is 4.72 Å². The first-order valence-corrected chi connectivity index (χ1v) is 5.87.